The van der Waals surface area contributed by atoms with Crippen LogP contribution >= 0.6 is 8.54 Å². The first-order valence-electron chi connectivity index (χ1n) is 3.01. The Labute approximate surface area is 81.4 Å². The summed E-state index contributed by atoms with van der Waals surface area (Å²) < 4.78 is 128. The molecule has 0 saturated heterocycles. The van der Waals surface area contributed by atoms with Gasteiger partial charge in [-0.15, -0.1) is 0 Å². The molecule has 0 radical (unpaired) electrons. The van der Waals surface area contributed by atoms with Crippen molar-refractivity contribution in [3.05, 3.63) is 0 Å². The second-order valence-electron chi connectivity index (χ2n) is 2.42. The molecule has 0 nitrogen and oxygen atoms in total. The van der Waals surface area contributed by atoms with Crippen LogP contribution in [0, 0.1) is 0 Å². The molecule has 0 aliphatic carbocycles. The van der Waals surface area contributed by atoms with Crippen LogP contribution in [0.3, 0.4) is 0 Å². The average molecular weight is 288 g/mol. The van der Waals surface area contributed by atoms with Crippen molar-refractivity contribution in [2.75, 3.05) is 0 Å². The van der Waals surface area contributed by atoms with E-state index >= 15 is 0 Å². The predicted molar refractivity (Wildman–Crippen MR) is 30.0 cm³/mol. The zero-order valence-corrected chi connectivity index (χ0v) is 7.50. The van der Waals surface area contributed by atoms with E-state index < -0.39 is 32.2 Å². The summed E-state index contributed by atoms with van der Waals surface area (Å²) in [4.78, 5) is 0. The van der Waals surface area contributed by atoms with E-state index in [1.807, 2.05) is 0 Å². The van der Waals surface area contributed by atoms with Crippen LogP contribution in [0.1, 0.15) is 0 Å². The van der Waals surface area contributed by atoms with E-state index in [1.165, 1.54) is 0 Å². The molecule has 0 N–H and O–H groups in total. The largest absolute Gasteiger partial charge is 0.460 e. The fourth-order valence-electron chi connectivity index (χ4n) is 0.473. The first-order chi connectivity index (χ1) is 6.69. The van der Waals surface area contributed by atoms with Crippen LogP contribution in [0.15, 0.2) is 0 Å². The minimum absolute atomic E-state index is 6.01. The summed E-state index contributed by atoms with van der Waals surface area (Å²) in [5, 5.41) is 0. The van der Waals surface area contributed by atoms with Crippen LogP contribution in [-0.2, 0) is 0 Å². The molecule has 0 atom stereocenters. The predicted octanol–water partition coefficient (Wildman–Crippen LogP) is 4.66. The molecule has 0 unspecified atom stereocenters. The Bertz CT molecular complexity index is 251. The highest BCUT2D eigenvalue weighted by Gasteiger charge is 2.84. The molecule has 0 fully saturated rings. The standard InChI is InChI=1S/C4F11P/c5-1(6,3(9,10)11)2(7,8)4(12,13)16(14)15. The number of alkyl halides is 9. The fraction of sp³-hybridized carbons (Fsp3) is 1.00. The zero-order chi connectivity index (χ0) is 13.6. The summed E-state index contributed by atoms with van der Waals surface area (Å²) in [6.45, 7) is 0. The summed E-state index contributed by atoms with van der Waals surface area (Å²) in [5.41, 5.74) is -6.73. The quantitative estimate of drug-likeness (QED) is 0.523. The summed E-state index contributed by atoms with van der Waals surface area (Å²) >= 11 is 0. The summed E-state index contributed by atoms with van der Waals surface area (Å²) in [5.74, 6) is -14.5. The van der Waals surface area contributed by atoms with Gasteiger partial charge in [-0.1, -0.05) is 0 Å². The Morgan fingerprint density at radius 2 is 0.875 bits per heavy atom. The van der Waals surface area contributed by atoms with E-state index in [1.54, 1.807) is 0 Å². The maximum atomic E-state index is 12.0. The van der Waals surface area contributed by atoms with Crippen molar-refractivity contribution in [2.45, 2.75) is 23.7 Å². The van der Waals surface area contributed by atoms with Crippen LogP contribution in [0.25, 0.3) is 0 Å². The molecule has 0 aromatic carbocycles. The normalized spacial score (nSPS) is 15.8. The van der Waals surface area contributed by atoms with E-state index in [4.69, 9.17) is 0 Å². The number of hydrogen-bond donors (Lipinski definition) is 0. The Balaban J connectivity index is 5.53. The summed E-state index contributed by atoms with van der Waals surface area (Å²) in [6, 6.07) is 0. The third kappa shape index (κ3) is 2.05. The van der Waals surface area contributed by atoms with Crippen molar-refractivity contribution in [1.82, 2.24) is 0 Å². The monoisotopic (exact) mass is 288 g/mol. The van der Waals surface area contributed by atoms with Gasteiger partial charge in [0, 0.05) is 0 Å². The maximum Gasteiger partial charge on any atom is 0.460 e. The Kier molecular flexibility index (Phi) is 3.77. The van der Waals surface area contributed by atoms with Gasteiger partial charge in [0.2, 0.25) is 0 Å². The molecular weight excluding hydrogens is 288 g/mol. The van der Waals surface area contributed by atoms with Crippen molar-refractivity contribution >= 4 is 8.54 Å². The maximum absolute atomic E-state index is 12.0. The molecule has 0 amide bonds. The first-order valence-corrected chi connectivity index (χ1v) is 4.14. The lowest BCUT2D eigenvalue weighted by atomic mass is 10.1. The molecule has 0 aromatic heterocycles. The van der Waals surface area contributed by atoms with Crippen LogP contribution < -0.4 is 0 Å². The zero-order valence-electron chi connectivity index (χ0n) is 6.60. The SMILES string of the molecule is FP(F)C(F)(F)C(F)(F)C(F)(F)C(F)(F)F. The highest BCUT2D eigenvalue weighted by molar-refractivity contribution is 7.47. The molecule has 16 heavy (non-hydrogen) atoms. The van der Waals surface area contributed by atoms with Crippen LogP contribution in [-0.4, -0.2) is 23.7 Å². The lowest BCUT2D eigenvalue weighted by Crippen LogP contribution is -2.59. The second-order valence-corrected chi connectivity index (χ2v) is 3.45. The summed E-state index contributed by atoms with van der Waals surface area (Å²) in [7, 11) is -6.01. The third-order valence-corrected chi connectivity index (χ3v) is 2.05. The van der Waals surface area contributed by atoms with Crippen LogP contribution in [0.4, 0.5) is 47.9 Å². The smallest absolute Gasteiger partial charge is 0.192 e. The van der Waals surface area contributed by atoms with Crippen LogP contribution in [0.2, 0.25) is 0 Å². The van der Waals surface area contributed by atoms with Crippen LogP contribution in [0.5, 0.6) is 0 Å². The van der Waals surface area contributed by atoms with Crippen molar-refractivity contribution in [1.29, 1.82) is 0 Å². The number of hydrogen-bond acceptors (Lipinski definition) is 0. The van der Waals surface area contributed by atoms with Gasteiger partial charge in [0.05, 0.1) is 0 Å². The molecule has 0 aliphatic rings. The fourth-order valence-corrected chi connectivity index (χ4v) is 0.826. The minimum Gasteiger partial charge on any atom is -0.192 e. The van der Waals surface area contributed by atoms with Gasteiger partial charge in [0.25, 0.3) is 0 Å². The van der Waals surface area contributed by atoms with Crippen molar-refractivity contribution in [3.8, 4) is 0 Å². The average Bonchev–Trinajstić information content (AvgIpc) is 2.00. The molecule has 98 valence electrons. The molecule has 0 aromatic rings. The Morgan fingerprint density at radius 1 is 0.562 bits per heavy atom. The van der Waals surface area contributed by atoms with E-state index in [0.29, 0.717) is 0 Å². The van der Waals surface area contributed by atoms with Gasteiger partial charge in [-0.2, -0.15) is 47.9 Å². The van der Waals surface area contributed by atoms with E-state index in [-0.39, 0.29) is 0 Å². The highest BCUT2D eigenvalue weighted by atomic mass is 31.2. The van der Waals surface area contributed by atoms with E-state index in [9.17, 15) is 47.9 Å². The van der Waals surface area contributed by atoms with Gasteiger partial charge >= 0.3 is 32.2 Å². The van der Waals surface area contributed by atoms with Gasteiger partial charge in [-0.3, -0.25) is 0 Å². The van der Waals surface area contributed by atoms with E-state index in [2.05, 4.69) is 0 Å². The van der Waals surface area contributed by atoms with Gasteiger partial charge in [-0.05, 0) is 0 Å². The first kappa shape index (κ1) is 15.7. The molecule has 0 rings (SSSR count). The van der Waals surface area contributed by atoms with Crippen molar-refractivity contribution < 1.29 is 47.9 Å². The second kappa shape index (κ2) is 3.85. The lowest BCUT2D eigenvalue weighted by molar-refractivity contribution is -0.382. The van der Waals surface area contributed by atoms with Crippen molar-refractivity contribution in [3.63, 3.8) is 0 Å². The third-order valence-electron chi connectivity index (χ3n) is 1.34. The molecule has 0 heterocycles. The summed E-state index contributed by atoms with van der Waals surface area (Å²) in [6.07, 6.45) is -7.06. The molecule has 0 saturated carbocycles. The molecule has 12 heteroatoms. The molecule has 0 spiro atoms. The van der Waals surface area contributed by atoms with Gasteiger partial charge in [0.1, 0.15) is 0 Å². The highest BCUT2D eigenvalue weighted by Crippen LogP contribution is 2.66. The molecule has 0 bridgehead atoms. The topological polar surface area (TPSA) is 0 Å². The Morgan fingerprint density at radius 3 is 1.06 bits per heavy atom. The minimum atomic E-state index is -7.25. The van der Waals surface area contributed by atoms with Gasteiger partial charge < -0.3 is 0 Å². The van der Waals surface area contributed by atoms with E-state index in [0.717, 1.165) is 0 Å². The molecule has 0 aliphatic heterocycles. The van der Waals surface area contributed by atoms with Gasteiger partial charge in [-0.25, -0.2) is 0 Å². The number of rotatable bonds is 3. The molecular formula is C4F11P. The number of halogens is 11. The lowest BCUT2D eigenvalue weighted by Gasteiger charge is -2.32. The van der Waals surface area contributed by atoms with Gasteiger partial charge in [0.15, 0.2) is 0 Å². The Hall–Kier alpha value is -0.340. The van der Waals surface area contributed by atoms with Crippen molar-refractivity contribution in [2.24, 2.45) is 0 Å².